The number of aromatic nitrogens is 2. The van der Waals surface area contributed by atoms with Crippen LogP contribution in [0, 0.1) is 5.82 Å². The fraction of sp³-hybridized carbons (Fsp3) is 0.550. The average Bonchev–Trinajstić information content (AvgIpc) is 3.40. The van der Waals surface area contributed by atoms with Crippen molar-refractivity contribution in [1.82, 2.24) is 19.9 Å². The third-order valence-corrected chi connectivity index (χ3v) is 5.24. The Kier molecular flexibility index (Phi) is 6.36. The molecule has 0 bridgehead atoms. The minimum absolute atomic E-state index is 0.0721. The standard InChI is InChI=1S/C20H25FN4O4/c21-16-1-3-17(4-2-16)28-10-6-18-22-20(29-23-18)15-5-7-25(13-15)19(26)14-24-8-11-27-12-9-24/h1-4,15H,5-14H2. The van der Waals surface area contributed by atoms with Crippen LogP contribution in [0.3, 0.4) is 0 Å². The van der Waals surface area contributed by atoms with Crippen LogP contribution in [0.2, 0.25) is 0 Å². The molecule has 8 nitrogen and oxygen atoms in total. The molecule has 0 spiro atoms. The first-order chi connectivity index (χ1) is 14.2. The number of morpholine rings is 1. The zero-order chi connectivity index (χ0) is 20.1. The Morgan fingerprint density at radius 2 is 2.00 bits per heavy atom. The van der Waals surface area contributed by atoms with Gasteiger partial charge >= 0.3 is 0 Å². The van der Waals surface area contributed by atoms with E-state index in [2.05, 4.69) is 15.0 Å². The maximum absolute atomic E-state index is 12.9. The summed E-state index contributed by atoms with van der Waals surface area (Å²) in [4.78, 5) is 21.0. The van der Waals surface area contributed by atoms with Crippen molar-refractivity contribution in [3.8, 4) is 5.75 Å². The van der Waals surface area contributed by atoms with Gasteiger partial charge in [-0.05, 0) is 30.7 Å². The Bertz CT molecular complexity index is 807. The molecular weight excluding hydrogens is 379 g/mol. The van der Waals surface area contributed by atoms with Crippen molar-refractivity contribution in [2.75, 3.05) is 52.5 Å². The van der Waals surface area contributed by atoms with E-state index in [9.17, 15) is 9.18 Å². The van der Waals surface area contributed by atoms with Gasteiger partial charge in [0.15, 0.2) is 5.82 Å². The molecule has 0 aliphatic carbocycles. The number of amides is 1. The summed E-state index contributed by atoms with van der Waals surface area (Å²) in [5, 5.41) is 4.02. The first kappa shape index (κ1) is 19.8. The van der Waals surface area contributed by atoms with E-state index in [0.29, 0.717) is 63.3 Å². The van der Waals surface area contributed by atoms with Crippen molar-refractivity contribution in [2.45, 2.75) is 18.8 Å². The second-order valence-electron chi connectivity index (χ2n) is 7.32. The van der Waals surface area contributed by atoms with Gasteiger partial charge in [-0.3, -0.25) is 9.69 Å². The second kappa shape index (κ2) is 9.32. The summed E-state index contributed by atoms with van der Waals surface area (Å²) >= 11 is 0. The van der Waals surface area contributed by atoms with Crippen molar-refractivity contribution in [1.29, 1.82) is 0 Å². The molecule has 2 aliphatic heterocycles. The molecule has 1 amide bonds. The van der Waals surface area contributed by atoms with Gasteiger partial charge in [-0.1, -0.05) is 5.16 Å². The number of carbonyl (C=O) groups is 1. The lowest BCUT2D eigenvalue weighted by Gasteiger charge is -2.27. The zero-order valence-corrected chi connectivity index (χ0v) is 16.3. The van der Waals surface area contributed by atoms with Gasteiger partial charge in [0.1, 0.15) is 11.6 Å². The van der Waals surface area contributed by atoms with Crippen LogP contribution in [-0.2, 0) is 16.0 Å². The minimum Gasteiger partial charge on any atom is -0.493 e. The van der Waals surface area contributed by atoms with Crippen LogP contribution >= 0.6 is 0 Å². The van der Waals surface area contributed by atoms with Crippen LogP contribution in [0.5, 0.6) is 5.75 Å². The van der Waals surface area contributed by atoms with Crippen molar-refractivity contribution < 1.29 is 23.2 Å². The van der Waals surface area contributed by atoms with E-state index in [-0.39, 0.29) is 17.6 Å². The average molecular weight is 404 g/mol. The number of nitrogens with zero attached hydrogens (tertiary/aromatic N) is 4. The number of hydrogen-bond acceptors (Lipinski definition) is 7. The van der Waals surface area contributed by atoms with Crippen molar-refractivity contribution in [3.63, 3.8) is 0 Å². The largest absolute Gasteiger partial charge is 0.493 e. The zero-order valence-electron chi connectivity index (χ0n) is 16.3. The Morgan fingerprint density at radius 3 is 2.79 bits per heavy atom. The number of rotatable bonds is 7. The topological polar surface area (TPSA) is 80.9 Å². The molecule has 1 aromatic heterocycles. The molecule has 2 aliphatic rings. The maximum Gasteiger partial charge on any atom is 0.236 e. The summed E-state index contributed by atoms with van der Waals surface area (Å²) in [6, 6.07) is 5.87. The van der Waals surface area contributed by atoms with E-state index in [4.69, 9.17) is 14.0 Å². The van der Waals surface area contributed by atoms with Crippen LogP contribution in [0.4, 0.5) is 4.39 Å². The Labute approximate surface area is 168 Å². The van der Waals surface area contributed by atoms with Crippen molar-refractivity contribution >= 4 is 5.91 Å². The highest BCUT2D eigenvalue weighted by Crippen LogP contribution is 2.26. The lowest BCUT2D eigenvalue weighted by molar-refractivity contribution is -0.132. The number of ether oxygens (including phenoxy) is 2. The molecule has 2 aromatic rings. The summed E-state index contributed by atoms with van der Waals surface area (Å²) in [6.07, 6.45) is 1.32. The predicted molar refractivity (Wildman–Crippen MR) is 101 cm³/mol. The normalized spacial score (nSPS) is 20.2. The Hall–Kier alpha value is -2.52. The molecular formula is C20H25FN4O4. The number of halogens is 1. The first-order valence-corrected chi connectivity index (χ1v) is 9.96. The summed E-state index contributed by atoms with van der Waals surface area (Å²) in [5.74, 6) is 1.66. The third kappa shape index (κ3) is 5.30. The van der Waals surface area contributed by atoms with Gasteiger partial charge in [0.05, 0.1) is 32.3 Å². The monoisotopic (exact) mass is 404 g/mol. The van der Waals surface area contributed by atoms with Crippen LogP contribution in [0.15, 0.2) is 28.8 Å². The van der Waals surface area contributed by atoms with Crippen molar-refractivity contribution in [3.05, 3.63) is 41.8 Å². The van der Waals surface area contributed by atoms with Gasteiger partial charge in [0.2, 0.25) is 11.8 Å². The van der Waals surface area contributed by atoms with Crippen LogP contribution < -0.4 is 4.74 Å². The Balaban J connectivity index is 1.23. The smallest absolute Gasteiger partial charge is 0.236 e. The maximum atomic E-state index is 12.9. The summed E-state index contributed by atoms with van der Waals surface area (Å²) in [6.45, 7) is 5.10. The summed E-state index contributed by atoms with van der Waals surface area (Å²) in [7, 11) is 0. The first-order valence-electron chi connectivity index (χ1n) is 9.96. The SMILES string of the molecule is O=C(CN1CCOCC1)N1CCC(c2nc(CCOc3ccc(F)cc3)no2)C1. The summed E-state index contributed by atoms with van der Waals surface area (Å²) < 4.78 is 29.2. The highest BCUT2D eigenvalue weighted by Gasteiger charge is 2.31. The molecule has 2 fully saturated rings. The second-order valence-corrected chi connectivity index (χ2v) is 7.32. The number of benzene rings is 1. The molecule has 9 heteroatoms. The van der Waals surface area contributed by atoms with Crippen LogP contribution in [-0.4, -0.2) is 78.4 Å². The fourth-order valence-corrected chi connectivity index (χ4v) is 3.56. The van der Waals surface area contributed by atoms with Gasteiger partial charge in [0, 0.05) is 32.6 Å². The molecule has 1 unspecified atom stereocenters. The number of hydrogen-bond donors (Lipinski definition) is 0. The molecule has 1 aromatic carbocycles. The quantitative estimate of drug-likeness (QED) is 0.691. The molecule has 2 saturated heterocycles. The van der Waals surface area contributed by atoms with E-state index in [0.717, 1.165) is 19.5 Å². The molecule has 0 N–H and O–H groups in total. The molecule has 4 rings (SSSR count). The van der Waals surface area contributed by atoms with Gasteiger partial charge < -0.3 is 18.9 Å². The van der Waals surface area contributed by atoms with Crippen molar-refractivity contribution in [2.24, 2.45) is 0 Å². The predicted octanol–water partition coefficient (Wildman–Crippen LogP) is 1.48. The van der Waals surface area contributed by atoms with Gasteiger partial charge in [-0.2, -0.15) is 4.98 Å². The van der Waals surface area contributed by atoms with Gasteiger partial charge in [-0.25, -0.2) is 4.39 Å². The van der Waals surface area contributed by atoms with E-state index in [1.807, 2.05) is 4.90 Å². The molecule has 0 saturated carbocycles. The van der Waals surface area contributed by atoms with E-state index in [1.165, 1.54) is 12.1 Å². The number of likely N-dealkylation sites (tertiary alicyclic amines) is 1. The highest BCUT2D eigenvalue weighted by molar-refractivity contribution is 5.78. The van der Waals surface area contributed by atoms with E-state index >= 15 is 0 Å². The molecule has 3 heterocycles. The third-order valence-electron chi connectivity index (χ3n) is 5.24. The minimum atomic E-state index is -0.297. The molecule has 29 heavy (non-hydrogen) atoms. The summed E-state index contributed by atoms with van der Waals surface area (Å²) in [5.41, 5.74) is 0. The lowest BCUT2D eigenvalue weighted by atomic mass is 10.1. The Morgan fingerprint density at radius 1 is 1.21 bits per heavy atom. The van der Waals surface area contributed by atoms with E-state index < -0.39 is 0 Å². The molecule has 156 valence electrons. The van der Waals surface area contributed by atoms with Crippen LogP contribution in [0.1, 0.15) is 24.1 Å². The van der Waals surface area contributed by atoms with Gasteiger partial charge in [-0.15, -0.1) is 0 Å². The molecule has 0 radical (unpaired) electrons. The van der Waals surface area contributed by atoms with Gasteiger partial charge in [0.25, 0.3) is 0 Å². The number of carbonyl (C=O) groups excluding carboxylic acids is 1. The highest BCUT2D eigenvalue weighted by atomic mass is 19.1. The van der Waals surface area contributed by atoms with E-state index in [1.54, 1.807) is 12.1 Å². The van der Waals surface area contributed by atoms with Crippen LogP contribution in [0.25, 0.3) is 0 Å². The lowest BCUT2D eigenvalue weighted by Crippen LogP contribution is -2.44. The fourth-order valence-electron chi connectivity index (χ4n) is 3.56. The molecule has 1 atom stereocenters.